The molecule has 0 saturated carbocycles. The lowest BCUT2D eigenvalue weighted by Crippen LogP contribution is -2.43. The molecule has 1 saturated heterocycles. The molecule has 13 heteroatoms. The summed E-state index contributed by atoms with van der Waals surface area (Å²) in [7, 11) is 3.65. The number of nitrogens with zero attached hydrogens (tertiary/aromatic N) is 5. The number of benzene rings is 1. The molecule has 0 bridgehead atoms. The zero-order valence-electron chi connectivity index (χ0n) is 25.7. The number of rotatable bonds is 6. The summed E-state index contributed by atoms with van der Waals surface area (Å²) in [5, 5.41) is 13.6. The average Bonchev–Trinajstić information content (AvgIpc) is 3.46. The molecule has 1 fully saturated rings. The predicted molar refractivity (Wildman–Crippen MR) is 168 cm³/mol. The van der Waals surface area contributed by atoms with Gasteiger partial charge >= 0.3 is 6.18 Å². The maximum atomic E-state index is 13.0. The van der Waals surface area contributed by atoms with Gasteiger partial charge in [-0.15, -0.1) is 5.10 Å². The molecule has 4 heterocycles. The number of fused-ring (bicyclic) bond motifs is 1. The third kappa shape index (κ3) is 10.7. The molecule has 3 aromatic heterocycles. The number of anilines is 2. The van der Waals surface area contributed by atoms with Crippen LogP contribution >= 0.6 is 0 Å². The van der Waals surface area contributed by atoms with Gasteiger partial charge in [0.1, 0.15) is 29.9 Å². The topological polar surface area (TPSA) is 117 Å². The first kappa shape index (κ1) is 34.7. The van der Waals surface area contributed by atoms with E-state index in [1.807, 2.05) is 57.1 Å². The summed E-state index contributed by atoms with van der Waals surface area (Å²) in [5.41, 5.74) is 1.95. The number of imidazole rings is 1. The average molecular weight is 623 g/mol. The largest absolute Gasteiger partial charge is 0.416 e. The summed E-state index contributed by atoms with van der Waals surface area (Å²) in [6.07, 6.45) is 0.364. The van der Waals surface area contributed by atoms with Crippen LogP contribution in [-0.2, 0) is 17.5 Å². The second-order valence-electron chi connectivity index (χ2n) is 10.3. The summed E-state index contributed by atoms with van der Waals surface area (Å²) in [4.78, 5) is 30.5. The number of hydrogen-bond donors (Lipinski definition) is 3. The van der Waals surface area contributed by atoms with E-state index in [-0.39, 0.29) is 23.6 Å². The Morgan fingerprint density at radius 2 is 1.69 bits per heavy atom. The van der Waals surface area contributed by atoms with Gasteiger partial charge in [-0.2, -0.15) is 13.2 Å². The molecule has 0 spiro atoms. The summed E-state index contributed by atoms with van der Waals surface area (Å²) in [5.74, 6) is 7.95. The van der Waals surface area contributed by atoms with Gasteiger partial charge in [0, 0.05) is 70.1 Å². The molecule has 0 atom stereocenters. The highest BCUT2D eigenvalue weighted by Gasteiger charge is 2.34. The van der Waals surface area contributed by atoms with Crippen LogP contribution in [0, 0.1) is 17.8 Å². The molecule has 1 aliphatic rings. The van der Waals surface area contributed by atoms with Crippen molar-refractivity contribution in [3.63, 3.8) is 0 Å². The van der Waals surface area contributed by atoms with Crippen LogP contribution in [0.2, 0.25) is 0 Å². The highest BCUT2D eigenvalue weighted by molar-refractivity contribution is 5.75. The van der Waals surface area contributed by atoms with Crippen molar-refractivity contribution >= 4 is 29.9 Å². The molecular formula is C32H37F3N8O2. The van der Waals surface area contributed by atoms with Crippen LogP contribution in [0.1, 0.15) is 46.6 Å². The Kier molecular flexibility index (Phi) is 13.0. The van der Waals surface area contributed by atoms with E-state index in [9.17, 15) is 22.8 Å². The Morgan fingerprint density at radius 3 is 2.31 bits per heavy atom. The first-order valence-corrected chi connectivity index (χ1v) is 14.3. The van der Waals surface area contributed by atoms with E-state index in [1.54, 1.807) is 16.9 Å². The first-order valence-electron chi connectivity index (χ1n) is 14.3. The Hall–Kier alpha value is -4.80. The van der Waals surface area contributed by atoms with Gasteiger partial charge in [0.25, 0.3) is 0 Å². The van der Waals surface area contributed by atoms with Gasteiger partial charge in [-0.25, -0.2) is 14.5 Å². The summed E-state index contributed by atoms with van der Waals surface area (Å²) in [6.45, 7) is 7.00. The minimum atomic E-state index is -4.43. The van der Waals surface area contributed by atoms with E-state index in [0.29, 0.717) is 6.29 Å². The first-order chi connectivity index (χ1) is 21.6. The van der Waals surface area contributed by atoms with Crippen LogP contribution in [0.4, 0.5) is 24.8 Å². The van der Waals surface area contributed by atoms with Gasteiger partial charge < -0.3 is 20.7 Å². The number of carbonyl (C=O) groups excluding carboxylic acids is 2. The van der Waals surface area contributed by atoms with Crippen molar-refractivity contribution in [3.8, 4) is 11.8 Å². The third-order valence-corrected chi connectivity index (χ3v) is 6.42. The number of piperazine rings is 1. The zero-order valence-corrected chi connectivity index (χ0v) is 25.7. The lowest BCUT2D eigenvalue weighted by Gasteiger charge is -2.28. The molecule has 1 aromatic carbocycles. The Balaban J connectivity index is 0.000000215. The lowest BCUT2D eigenvalue weighted by atomic mass is 10.0. The quantitative estimate of drug-likeness (QED) is 0.213. The number of aldehydes is 2. The standard InChI is InChI=1S/C15H14N6.C13H15F3N2O.C4H8O/c1-16-13-5-6-15-19-10-12(21(15)20-13)4-3-11-7-8-18-14(9-11)17-2;14-13(15,16)12-7-10(9-19)1-2-11(12)8-18-5-3-17-4-6-18;1-4(2)3-5/h5-10H,1-2H3,(H,16,20)(H,17,18);1-2,7,9,17H,3-6,8H2;3-4H,1-2H3. The monoisotopic (exact) mass is 622 g/mol. The van der Waals surface area contributed by atoms with Gasteiger partial charge in [-0.3, -0.25) is 9.69 Å². The fraction of sp³-hybridized carbons (Fsp3) is 0.344. The molecule has 0 unspecified atom stereocenters. The molecule has 10 nitrogen and oxygen atoms in total. The number of alkyl halides is 3. The van der Waals surface area contributed by atoms with Gasteiger partial charge in [0.05, 0.1) is 11.8 Å². The summed E-state index contributed by atoms with van der Waals surface area (Å²) < 4.78 is 40.6. The van der Waals surface area contributed by atoms with E-state index in [1.165, 1.54) is 12.1 Å². The maximum Gasteiger partial charge on any atom is 0.416 e. The van der Waals surface area contributed by atoms with Crippen LogP contribution < -0.4 is 16.0 Å². The highest BCUT2D eigenvalue weighted by Crippen LogP contribution is 2.33. The second kappa shape index (κ2) is 16.9. The van der Waals surface area contributed by atoms with Crippen LogP contribution in [0.25, 0.3) is 5.65 Å². The number of hydrogen-bond acceptors (Lipinski definition) is 9. The zero-order chi connectivity index (χ0) is 32.8. The minimum absolute atomic E-state index is 0.0522. The molecule has 45 heavy (non-hydrogen) atoms. The van der Waals surface area contributed by atoms with E-state index in [0.717, 1.165) is 67.1 Å². The van der Waals surface area contributed by atoms with E-state index < -0.39 is 11.7 Å². The van der Waals surface area contributed by atoms with Crippen molar-refractivity contribution in [1.82, 2.24) is 29.8 Å². The van der Waals surface area contributed by atoms with E-state index >= 15 is 0 Å². The molecule has 0 radical (unpaired) electrons. The molecule has 0 amide bonds. The summed E-state index contributed by atoms with van der Waals surface area (Å²) in [6, 6.07) is 11.3. The molecule has 4 aromatic rings. The smallest absolute Gasteiger partial charge is 0.373 e. The predicted octanol–water partition coefficient (Wildman–Crippen LogP) is 4.37. The highest BCUT2D eigenvalue weighted by atomic mass is 19.4. The van der Waals surface area contributed by atoms with Crippen molar-refractivity contribution in [3.05, 3.63) is 82.8 Å². The minimum Gasteiger partial charge on any atom is -0.373 e. The number of aromatic nitrogens is 4. The molecule has 1 aliphatic heterocycles. The second-order valence-corrected chi connectivity index (χ2v) is 10.3. The van der Waals surface area contributed by atoms with Crippen LogP contribution in [-0.4, -0.2) is 77.3 Å². The molecular weight excluding hydrogens is 585 g/mol. The van der Waals surface area contributed by atoms with E-state index in [4.69, 9.17) is 0 Å². The van der Waals surface area contributed by atoms with Crippen molar-refractivity contribution in [2.24, 2.45) is 5.92 Å². The van der Waals surface area contributed by atoms with Crippen molar-refractivity contribution < 1.29 is 22.8 Å². The summed E-state index contributed by atoms with van der Waals surface area (Å²) >= 11 is 0. The van der Waals surface area contributed by atoms with E-state index in [2.05, 4.69) is 42.9 Å². The van der Waals surface area contributed by atoms with Crippen LogP contribution in [0.5, 0.6) is 0 Å². The molecule has 3 N–H and O–H groups in total. The van der Waals surface area contributed by atoms with Crippen molar-refractivity contribution in [2.75, 3.05) is 50.9 Å². The third-order valence-electron chi connectivity index (χ3n) is 6.42. The Labute approximate surface area is 260 Å². The lowest BCUT2D eigenvalue weighted by molar-refractivity contribution is -0.138. The van der Waals surface area contributed by atoms with Gasteiger partial charge in [0.15, 0.2) is 5.65 Å². The van der Waals surface area contributed by atoms with Crippen LogP contribution in [0.3, 0.4) is 0 Å². The maximum absolute atomic E-state index is 13.0. The Bertz CT molecular complexity index is 1620. The molecule has 238 valence electrons. The molecule has 5 rings (SSSR count). The van der Waals surface area contributed by atoms with Gasteiger partial charge in [0.2, 0.25) is 0 Å². The number of halogens is 3. The van der Waals surface area contributed by atoms with Crippen molar-refractivity contribution in [1.29, 1.82) is 0 Å². The van der Waals surface area contributed by atoms with Crippen molar-refractivity contribution in [2.45, 2.75) is 26.6 Å². The SMILES string of the molecule is CC(C)C=O.CNc1cc(C#Cc2cnc3ccc(NC)nn23)ccn1.O=Cc1ccc(CN2CCNCC2)c(C(F)(F)F)c1. The molecule has 0 aliphatic carbocycles. The fourth-order valence-electron chi connectivity index (χ4n) is 4.05. The number of pyridine rings is 1. The normalized spacial score (nSPS) is 13.0. The number of nitrogens with one attached hydrogen (secondary N) is 3. The Morgan fingerprint density at radius 1 is 0.978 bits per heavy atom. The number of carbonyl (C=O) groups is 2. The van der Waals surface area contributed by atoms with Gasteiger partial charge in [-0.05, 0) is 41.8 Å². The van der Waals surface area contributed by atoms with Crippen LogP contribution in [0.15, 0.2) is 54.9 Å². The fourth-order valence-corrected chi connectivity index (χ4v) is 4.05. The van der Waals surface area contributed by atoms with Gasteiger partial charge in [-0.1, -0.05) is 31.9 Å².